The fraction of sp³-hybridized carbons (Fsp3) is 0.286. The van der Waals surface area contributed by atoms with Gasteiger partial charge in [0.2, 0.25) is 0 Å². The summed E-state index contributed by atoms with van der Waals surface area (Å²) in [4.78, 5) is 9.61. The van der Waals surface area contributed by atoms with Crippen LogP contribution in [0, 0.1) is 18.3 Å². The molecule has 0 rings (SSSR count). The van der Waals surface area contributed by atoms with Gasteiger partial charge in [0.25, 0.3) is 0 Å². The molecule has 0 spiro atoms. The molecule has 0 aromatic carbocycles. The van der Waals surface area contributed by atoms with E-state index in [4.69, 9.17) is 10.4 Å². The van der Waals surface area contributed by atoms with Crippen LogP contribution in [-0.4, -0.2) is 24.8 Å². The zero-order valence-electron chi connectivity index (χ0n) is 6.33. The van der Waals surface area contributed by atoms with Crippen LogP contribution in [0.15, 0.2) is 12.2 Å². The Morgan fingerprint density at radius 1 is 1.82 bits per heavy atom. The van der Waals surface area contributed by atoms with Gasteiger partial charge in [-0.25, -0.2) is 4.79 Å². The van der Waals surface area contributed by atoms with E-state index in [0.717, 1.165) is 0 Å². The average molecular weight is 156 g/mol. The number of nitrogens with zero attached hydrogens (tertiary/aromatic N) is 1. The molecule has 4 heteroatoms. The Hall–Kier alpha value is -1.34. The van der Waals surface area contributed by atoms with Crippen molar-refractivity contribution in [2.75, 3.05) is 13.7 Å². The number of hydrogen-bond donors (Lipinski definition) is 1. The van der Waals surface area contributed by atoms with Crippen molar-refractivity contribution in [1.82, 2.24) is 0 Å². The maximum absolute atomic E-state index is 9.61. The van der Waals surface area contributed by atoms with Gasteiger partial charge in [0.05, 0.1) is 0 Å². The Balaban J connectivity index is 0. The van der Waals surface area contributed by atoms with Gasteiger partial charge in [-0.1, -0.05) is 6.58 Å². The molecule has 1 N–H and O–H groups in total. The molecule has 0 unspecified atom stereocenters. The summed E-state index contributed by atoms with van der Waals surface area (Å²) < 4.78 is 4.43. The number of carboxylic acid groups (broad SMARTS) is 1. The van der Waals surface area contributed by atoms with Crippen molar-refractivity contribution in [1.29, 1.82) is 5.26 Å². The summed E-state index contributed by atoms with van der Waals surface area (Å²) in [6.07, 6.45) is 0. The second kappa shape index (κ2) is 8.66. The van der Waals surface area contributed by atoms with Gasteiger partial charge in [-0.05, 0) is 6.92 Å². The van der Waals surface area contributed by atoms with Crippen molar-refractivity contribution in [3.63, 3.8) is 0 Å². The molecule has 0 aromatic heterocycles. The minimum atomic E-state index is -1.26. The van der Waals surface area contributed by atoms with Crippen molar-refractivity contribution in [3.8, 4) is 6.07 Å². The fourth-order valence-electron chi connectivity index (χ4n) is 0.0478. The van der Waals surface area contributed by atoms with Crippen LogP contribution in [0.25, 0.3) is 0 Å². The molecule has 0 fully saturated rings. The average Bonchev–Trinajstić information content (AvgIpc) is 2.03. The Kier molecular flexibility index (Phi) is 9.72. The highest BCUT2D eigenvalue weighted by Gasteiger charge is 1.97. The molecule has 1 radical (unpaired) electrons. The van der Waals surface area contributed by atoms with Gasteiger partial charge in [0, 0.05) is 13.7 Å². The van der Waals surface area contributed by atoms with Crippen LogP contribution < -0.4 is 0 Å². The molecule has 0 saturated carbocycles. The number of carboxylic acids is 1. The Bertz CT molecular complexity index is 167. The van der Waals surface area contributed by atoms with Crippen LogP contribution in [-0.2, 0) is 9.53 Å². The third-order valence-corrected chi connectivity index (χ3v) is 0.597. The van der Waals surface area contributed by atoms with E-state index in [1.807, 2.05) is 0 Å². The van der Waals surface area contributed by atoms with Crippen LogP contribution in [0.4, 0.5) is 0 Å². The summed E-state index contributed by atoms with van der Waals surface area (Å²) in [5.41, 5.74) is -0.431. The lowest BCUT2D eigenvalue weighted by Gasteiger charge is -1.76. The van der Waals surface area contributed by atoms with Gasteiger partial charge in [-0.3, -0.25) is 0 Å². The quantitative estimate of drug-likeness (QED) is 0.470. The number of methoxy groups -OCH3 is 1. The number of hydrogen-bond acceptors (Lipinski definition) is 3. The lowest BCUT2D eigenvalue weighted by atomic mass is 10.4. The van der Waals surface area contributed by atoms with Crippen LogP contribution >= 0.6 is 0 Å². The van der Waals surface area contributed by atoms with Crippen molar-refractivity contribution >= 4 is 5.97 Å². The van der Waals surface area contributed by atoms with E-state index in [1.54, 1.807) is 7.11 Å². The second-order valence-corrected chi connectivity index (χ2v) is 1.39. The Morgan fingerprint density at radius 3 is 2.18 bits per heavy atom. The van der Waals surface area contributed by atoms with E-state index in [1.165, 1.54) is 6.07 Å². The maximum Gasteiger partial charge on any atom is 0.345 e. The van der Waals surface area contributed by atoms with E-state index in [0.29, 0.717) is 6.61 Å². The van der Waals surface area contributed by atoms with Crippen LogP contribution in [0.2, 0.25) is 0 Å². The SMILES string of the molecule is C=C(C#N)C(=O)O.[CH2]COC. The van der Waals surface area contributed by atoms with Gasteiger partial charge >= 0.3 is 5.97 Å². The first-order chi connectivity index (χ1) is 5.09. The monoisotopic (exact) mass is 156 g/mol. The highest BCUT2D eigenvalue weighted by atomic mass is 16.5. The van der Waals surface area contributed by atoms with E-state index in [9.17, 15) is 4.79 Å². The molecule has 0 bridgehead atoms. The molecule has 0 aromatic rings. The summed E-state index contributed by atoms with van der Waals surface area (Å²) in [5.74, 6) is -1.26. The molecule has 11 heavy (non-hydrogen) atoms. The summed E-state index contributed by atoms with van der Waals surface area (Å²) in [6.45, 7) is 6.86. The van der Waals surface area contributed by atoms with E-state index in [2.05, 4.69) is 18.2 Å². The third-order valence-electron chi connectivity index (χ3n) is 0.597. The maximum atomic E-state index is 9.61. The highest BCUT2D eigenvalue weighted by molar-refractivity contribution is 5.90. The van der Waals surface area contributed by atoms with Crippen molar-refractivity contribution in [2.24, 2.45) is 0 Å². The molecular weight excluding hydrogens is 146 g/mol. The summed E-state index contributed by atoms with van der Waals surface area (Å²) >= 11 is 0. The van der Waals surface area contributed by atoms with E-state index >= 15 is 0 Å². The van der Waals surface area contributed by atoms with Gasteiger partial charge in [0.15, 0.2) is 0 Å². The highest BCUT2D eigenvalue weighted by Crippen LogP contribution is 1.81. The molecular formula is C7H10NO3. The van der Waals surface area contributed by atoms with Crippen LogP contribution in [0.3, 0.4) is 0 Å². The number of ether oxygens (including phenoxy) is 1. The van der Waals surface area contributed by atoms with Gasteiger partial charge in [-0.15, -0.1) is 0 Å². The Labute approximate surface area is 65.7 Å². The molecule has 0 aliphatic heterocycles. The predicted octanol–water partition coefficient (Wildman–Crippen LogP) is 0.618. The fourth-order valence-corrected chi connectivity index (χ4v) is 0.0478. The number of nitriles is 1. The first-order valence-electron chi connectivity index (χ1n) is 2.70. The third kappa shape index (κ3) is 12.0. The van der Waals surface area contributed by atoms with Gasteiger partial charge < -0.3 is 9.84 Å². The predicted molar refractivity (Wildman–Crippen MR) is 39.6 cm³/mol. The van der Waals surface area contributed by atoms with E-state index < -0.39 is 11.5 Å². The lowest BCUT2D eigenvalue weighted by Crippen LogP contribution is -1.94. The normalized spacial score (nSPS) is 7.00. The zero-order valence-corrected chi connectivity index (χ0v) is 6.33. The van der Waals surface area contributed by atoms with E-state index in [-0.39, 0.29) is 0 Å². The van der Waals surface area contributed by atoms with Crippen LogP contribution in [0.5, 0.6) is 0 Å². The largest absolute Gasteiger partial charge is 0.477 e. The molecule has 61 valence electrons. The minimum Gasteiger partial charge on any atom is -0.477 e. The number of carbonyl (C=O) groups is 1. The Morgan fingerprint density at radius 2 is 2.18 bits per heavy atom. The van der Waals surface area contributed by atoms with Crippen molar-refractivity contribution in [3.05, 3.63) is 19.1 Å². The second-order valence-electron chi connectivity index (χ2n) is 1.39. The number of rotatable bonds is 2. The molecule has 0 aliphatic rings. The molecule has 0 aliphatic carbocycles. The van der Waals surface area contributed by atoms with Crippen LogP contribution in [0.1, 0.15) is 0 Å². The topological polar surface area (TPSA) is 70.3 Å². The molecule has 0 heterocycles. The standard InChI is InChI=1S/C4H3NO2.C3H7O/c1-3(2-5)4(6)7;1-3-4-2/h1H2,(H,6,7);1,3H2,2H3. The lowest BCUT2D eigenvalue weighted by molar-refractivity contribution is -0.132. The van der Waals surface area contributed by atoms with Crippen molar-refractivity contribution in [2.45, 2.75) is 0 Å². The minimum absolute atomic E-state index is 0.431. The van der Waals surface area contributed by atoms with Gasteiger partial charge in [-0.2, -0.15) is 5.26 Å². The zero-order chi connectivity index (χ0) is 9.28. The molecule has 0 atom stereocenters. The first-order valence-corrected chi connectivity index (χ1v) is 2.70. The van der Waals surface area contributed by atoms with Gasteiger partial charge in [0.1, 0.15) is 11.6 Å². The molecule has 4 nitrogen and oxygen atoms in total. The smallest absolute Gasteiger partial charge is 0.345 e. The number of aliphatic carboxylic acids is 1. The van der Waals surface area contributed by atoms with Crippen molar-refractivity contribution < 1.29 is 14.6 Å². The summed E-state index contributed by atoms with van der Waals surface area (Å²) in [6, 6.07) is 1.37. The molecule has 0 amide bonds. The summed E-state index contributed by atoms with van der Waals surface area (Å²) in [5, 5.41) is 15.6. The molecule has 0 saturated heterocycles. The summed E-state index contributed by atoms with van der Waals surface area (Å²) in [7, 11) is 1.62. The first kappa shape index (κ1) is 12.3.